The molecule has 0 saturated heterocycles. The highest BCUT2D eigenvalue weighted by molar-refractivity contribution is 5.80. The van der Waals surface area contributed by atoms with Crippen molar-refractivity contribution in [1.82, 2.24) is 9.88 Å². The van der Waals surface area contributed by atoms with Crippen LogP contribution in [0.1, 0.15) is 16.7 Å². The average molecular weight is 335 g/mol. The molecular weight excluding hydrogens is 319 g/mol. The molecule has 0 bridgehead atoms. The lowest BCUT2D eigenvalue weighted by molar-refractivity contribution is -0.137. The molecule has 1 aromatic carbocycles. The number of anilines is 1. The smallest absolute Gasteiger partial charge is 0.361 e. The first-order valence-corrected chi connectivity index (χ1v) is 7.55. The van der Waals surface area contributed by atoms with Gasteiger partial charge in [-0.1, -0.05) is 24.3 Å². The fourth-order valence-electron chi connectivity index (χ4n) is 2.65. The number of aromatic nitrogens is 1. The van der Waals surface area contributed by atoms with Crippen LogP contribution in [0.15, 0.2) is 42.6 Å². The summed E-state index contributed by atoms with van der Waals surface area (Å²) in [6, 6.07) is 10.1. The van der Waals surface area contributed by atoms with Crippen LogP contribution >= 0.6 is 0 Å². The molecule has 7 heteroatoms. The van der Waals surface area contributed by atoms with Crippen molar-refractivity contribution in [2.24, 2.45) is 0 Å². The SMILES string of the molecule is O=C(CNc1ccc(C(F)(F)F)cn1)N1CCc2ccccc2C1. The van der Waals surface area contributed by atoms with Crippen LogP contribution in [-0.2, 0) is 23.9 Å². The van der Waals surface area contributed by atoms with E-state index in [-0.39, 0.29) is 18.3 Å². The van der Waals surface area contributed by atoms with E-state index in [0.717, 1.165) is 24.2 Å². The molecule has 0 fully saturated rings. The van der Waals surface area contributed by atoms with Gasteiger partial charge in [0, 0.05) is 19.3 Å². The van der Waals surface area contributed by atoms with Crippen molar-refractivity contribution in [3.05, 3.63) is 59.3 Å². The number of nitrogens with one attached hydrogen (secondary N) is 1. The highest BCUT2D eigenvalue weighted by atomic mass is 19.4. The van der Waals surface area contributed by atoms with Gasteiger partial charge >= 0.3 is 6.18 Å². The molecular formula is C17H16F3N3O. The van der Waals surface area contributed by atoms with Gasteiger partial charge in [-0.2, -0.15) is 13.2 Å². The normalized spacial score (nSPS) is 14.2. The van der Waals surface area contributed by atoms with E-state index in [0.29, 0.717) is 13.1 Å². The Kier molecular flexibility index (Phi) is 4.42. The van der Waals surface area contributed by atoms with Gasteiger partial charge in [-0.05, 0) is 29.7 Å². The van der Waals surface area contributed by atoms with Gasteiger partial charge in [-0.15, -0.1) is 0 Å². The summed E-state index contributed by atoms with van der Waals surface area (Å²) in [7, 11) is 0. The predicted molar refractivity (Wildman–Crippen MR) is 83.3 cm³/mol. The molecule has 1 aromatic heterocycles. The second-order valence-corrected chi connectivity index (χ2v) is 5.62. The van der Waals surface area contributed by atoms with Gasteiger partial charge in [-0.3, -0.25) is 4.79 Å². The van der Waals surface area contributed by atoms with Crippen LogP contribution in [0.25, 0.3) is 0 Å². The zero-order chi connectivity index (χ0) is 17.2. The molecule has 0 saturated carbocycles. The molecule has 0 spiro atoms. The van der Waals surface area contributed by atoms with Crippen molar-refractivity contribution in [2.45, 2.75) is 19.1 Å². The third kappa shape index (κ3) is 3.67. The third-order valence-corrected chi connectivity index (χ3v) is 3.99. The maximum atomic E-state index is 12.5. The van der Waals surface area contributed by atoms with E-state index < -0.39 is 11.7 Å². The summed E-state index contributed by atoms with van der Waals surface area (Å²) in [5, 5.41) is 2.77. The van der Waals surface area contributed by atoms with Crippen LogP contribution in [0, 0.1) is 0 Å². The quantitative estimate of drug-likeness (QED) is 0.937. The van der Waals surface area contributed by atoms with Crippen molar-refractivity contribution >= 4 is 11.7 Å². The number of halogens is 3. The molecule has 0 radical (unpaired) electrons. The Morgan fingerprint density at radius 2 is 1.92 bits per heavy atom. The number of benzene rings is 1. The summed E-state index contributed by atoms with van der Waals surface area (Å²) in [6.07, 6.45) is -2.85. The van der Waals surface area contributed by atoms with E-state index in [2.05, 4.69) is 16.4 Å². The highest BCUT2D eigenvalue weighted by Gasteiger charge is 2.30. The number of hydrogen-bond donors (Lipinski definition) is 1. The lowest BCUT2D eigenvalue weighted by atomic mass is 10.00. The number of hydrogen-bond acceptors (Lipinski definition) is 3. The molecule has 3 rings (SSSR count). The monoisotopic (exact) mass is 335 g/mol. The highest BCUT2D eigenvalue weighted by Crippen LogP contribution is 2.28. The van der Waals surface area contributed by atoms with Crippen molar-refractivity contribution < 1.29 is 18.0 Å². The van der Waals surface area contributed by atoms with Crippen molar-refractivity contribution in [1.29, 1.82) is 0 Å². The summed E-state index contributed by atoms with van der Waals surface area (Å²) in [5.74, 6) is 0.139. The second kappa shape index (κ2) is 6.51. The number of carbonyl (C=O) groups is 1. The molecule has 24 heavy (non-hydrogen) atoms. The molecule has 1 aliphatic heterocycles. The Balaban J connectivity index is 1.56. The Hall–Kier alpha value is -2.57. The van der Waals surface area contributed by atoms with E-state index in [4.69, 9.17) is 0 Å². The predicted octanol–water partition coefficient (Wildman–Crippen LogP) is 3.10. The van der Waals surface area contributed by atoms with Crippen molar-refractivity contribution in [2.75, 3.05) is 18.4 Å². The molecule has 1 N–H and O–H groups in total. The molecule has 4 nitrogen and oxygen atoms in total. The van der Waals surface area contributed by atoms with E-state index >= 15 is 0 Å². The minimum absolute atomic E-state index is 0.000527. The second-order valence-electron chi connectivity index (χ2n) is 5.62. The van der Waals surface area contributed by atoms with Gasteiger partial charge < -0.3 is 10.2 Å². The fourth-order valence-corrected chi connectivity index (χ4v) is 2.65. The van der Waals surface area contributed by atoms with Crippen molar-refractivity contribution in [3.8, 4) is 0 Å². The Morgan fingerprint density at radius 1 is 1.17 bits per heavy atom. The van der Waals surface area contributed by atoms with Crippen molar-refractivity contribution in [3.63, 3.8) is 0 Å². The summed E-state index contributed by atoms with van der Waals surface area (Å²) in [6.45, 7) is 1.19. The molecule has 126 valence electrons. The van der Waals surface area contributed by atoms with Gasteiger partial charge in [0.15, 0.2) is 0 Å². The lowest BCUT2D eigenvalue weighted by Gasteiger charge is -2.29. The topological polar surface area (TPSA) is 45.2 Å². The summed E-state index contributed by atoms with van der Waals surface area (Å²) in [5.41, 5.74) is 1.57. The maximum absolute atomic E-state index is 12.5. The largest absolute Gasteiger partial charge is 0.417 e. The first-order valence-electron chi connectivity index (χ1n) is 7.55. The molecule has 0 atom stereocenters. The summed E-state index contributed by atoms with van der Waals surface area (Å²) in [4.78, 5) is 17.7. The molecule has 2 heterocycles. The van der Waals surface area contributed by atoms with Gasteiger partial charge in [0.05, 0.1) is 12.1 Å². The van der Waals surface area contributed by atoms with Crippen LogP contribution < -0.4 is 5.32 Å². The number of amides is 1. The molecule has 1 aliphatic rings. The first kappa shape index (κ1) is 16.3. The molecule has 2 aromatic rings. The van der Waals surface area contributed by atoms with Gasteiger partial charge in [0.2, 0.25) is 5.91 Å². The standard InChI is InChI=1S/C17H16F3N3O/c18-17(19,20)14-5-6-15(21-9-14)22-10-16(24)23-8-7-12-3-1-2-4-13(12)11-23/h1-6,9H,7-8,10-11H2,(H,21,22). The maximum Gasteiger partial charge on any atom is 0.417 e. The van der Waals surface area contributed by atoms with Crippen LogP contribution in [0.3, 0.4) is 0 Å². The summed E-state index contributed by atoms with van der Waals surface area (Å²) >= 11 is 0. The number of rotatable bonds is 3. The Labute approximate surface area is 137 Å². The number of fused-ring (bicyclic) bond motifs is 1. The number of pyridine rings is 1. The van der Waals surface area contributed by atoms with Gasteiger partial charge in [-0.25, -0.2) is 4.98 Å². The molecule has 1 amide bonds. The zero-order valence-corrected chi connectivity index (χ0v) is 12.8. The zero-order valence-electron chi connectivity index (χ0n) is 12.8. The van der Waals surface area contributed by atoms with E-state index in [1.807, 2.05) is 18.2 Å². The van der Waals surface area contributed by atoms with Gasteiger partial charge in [0.1, 0.15) is 5.82 Å². The fraction of sp³-hybridized carbons (Fsp3) is 0.294. The minimum atomic E-state index is -4.41. The summed E-state index contributed by atoms with van der Waals surface area (Å²) < 4.78 is 37.4. The minimum Gasteiger partial charge on any atom is -0.361 e. The number of alkyl halides is 3. The van der Waals surface area contributed by atoms with Crippen LogP contribution in [0.5, 0.6) is 0 Å². The van der Waals surface area contributed by atoms with E-state index in [1.54, 1.807) is 4.90 Å². The van der Waals surface area contributed by atoms with Crippen LogP contribution in [-0.4, -0.2) is 28.9 Å². The first-order chi connectivity index (χ1) is 11.4. The Bertz CT molecular complexity index is 729. The molecule has 0 aliphatic carbocycles. The van der Waals surface area contributed by atoms with E-state index in [9.17, 15) is 18.0 Å². The molecule has 0 unspecified atom stereocenters. The average Bonchev–Trinajstić information content (AvgIpc) is 2.59. The number of carbonyl (C=O) groups excluding carboxylic acids is 1. The third-order valence-electron chi connectivity index (χ3n) is 3.99. The lowest BCUT2D eigenvalue weighted by Crippen LogP contribution is -2.39. The van der Waals surface area contributed by atoms with Crippen LogP contribution in [0.2, 0.25) is 0 Å². The van der Waals surface area contributed by atoms with Gasteiger partial charge in [0.25, 0.3) is 0 Å². The Morgan fingerprint density at radius 3 is 2.58 bits per heavy atom. The number of nitrogens with zero attached hydrogens (tertiary/aromatic N) is 2. The van der Waals surface area contributed by atoms with E-state index in [1.165, 1.54) is 11.6 Å². The van der Waals surface area contributed by atoms with Crippen LogP contribution in [0.4, 0.5) is 19.0 Å².